The highest BCUT2D eigenvalue weighted by Crippen LogP contribution is 2.52. The SMILES string of the molecule is NC1=C2OC(C(=O)O)(C(=O)O)OC2=C2CCCCC2C1CC(O)c1cccc(Cl)c1. The molecule has 4 rings (SSSR count). The summed E-state index contributed by atoms with van der Waals surface area (Å²) in [7, 11) is 0. The van der Waals surface area contributed by atoms with Gasteiger partial charge in [-0.1, -0.05) is 30.2 Å². The minimum absolute atomic E-state index is 0.0451. The van der Waals surface area contributed by atoms with Crippen molar-refractivity contribution in [2.75, 3.05) is 0 Å². The number of rotatable bonds is 5. The first-order valence-corrected chi connectivity index (χ1v) is 10.1. The molecule has 0 bridgehead atoms. The standard InChI is InChI=1S/C21H22ClNO7/c22-11-5-3-4-10(8-11)15(24)9-14-12-6-1-2-7-13(12)17-18(16(14)23)30-21(29-17,19(25)26)20(27)28/h3-5,8,12,14-15,24H,1-2,6-7,9,23H2,(H,25,26)(H,27,28). The van der Waals surface area contributed by atoms with Gasteiger partial charge in [-0.05, 0) is 54.9 Å². The van der Waals surface area contributed by atoms with Gasteiger partial charge in [0.05, 0.1) is 11.8 Å². The molecule has 2 fully saturated rings. The van der Waals surface area contributed by atoms with Gasteiger partial charge in [-0.25, -0.2) is 9.59 Å². The highest BCUT2D eigenvalue weighted by molar-refractivity contribution is 6.30. The topological polar surface area (TPSA) is 139 Å². The second kappa shape index (κ2) is 7.52. The van der Waals surface area contributed by atoms with Gasteiger partial charge >= 0.3 is 17.7 Å². The number of nitrogens with two attached hydrogens (primary N) is 1. The monoisotopic (exact) mass is 435 g/mol. The largest absolute Gasteiger partial charge is 0.475 e. The van der Waals surface area contributed by atoms with E-state index >= 15 is 0 Å². The van der Waals surface area contributed by atoms with Gasteiger partial charge in [-0.2, -0.15) is 0 Å². The van der Waals surface area contributed by atoms with E-state index in [0.717, 1.165) is 24.8 Å². The molecule has 0 amide bonds. The molecule has 1 saturated carbocycles. The third-order valence-corrected chi connectivity index (χ3v) is 6.30. The number of carbonyl (C=O) groups is 2. The summed E-state index contributed by atoms with van der Waals surface area (Å²) in [6, 6.07) is 6.90. The third-order valence-electron chi connectivity index (χ3n) is 6.07. The van der Waals surface area contributed by atoms with Crippen LogP contribution in [0.5, 0.6) is 0 Å². The van der Waals surface area contributed by atoms with Crippen LogP contribution in [0.15, 0.2) is 47.1 Å². The lowest BCUT2D eigenvalue weighted by molar-refractivity contribution is -0.208. The van der Waals surface area contributed by atoms with E-state index < -0.39 is 23.8 Å². The number of hydrogen-bond donors (Lipinski definition) is 4. The highest BCUT2D eigenvalue weighted by Gasteiger charge is 2.61. The summed E-state index contributed by atoms with van der Waals surface area (Å²) in [5.41, 5.74) is 8.01. The second-order valence-electron chi connectivity index (χ2n) is 7.84. The Morgan fingerprint density at radius 2 is 1.90 bits per heavy atom. The van der Waals surface area contributed by atoms with Gasteiger partial charge in [-0.15, -0.1) is 0 Å². The molecule has 0 spiro atoms. The van der Waals surface area contributed by atoms with Crippen molar-refractivity contribution < 1.29 is 34.4 Å². The van der Waals surface area contributed by atoms with Gasteiger partial charge in [0.2, 0.25) is 0 Å². The zero-order chi connectivity index (χ0) is 21.6. The fourth-order valence-electron chi connectivity index (χ4n) is 4.60. The summed E-state index contributed by atoms with van der Waals surface area (Å²) in [6.45, 7) is 0. The molecule has 1 saturated heterocycles. The normalized spacial score (nSPS) is 25.7. The smallest absolute Gasteiger partial charge is 0.453 e. The van der Waals surface area contributed by atoms with E-state index in [1.54, 1.807) is 24.3 Å². The van der Waals surface area contributed by atoms with Crippen molar-refractivity contribution in [3.05, 3.63) is 57.6 Å². The first-order chi connectivity index (χ1) is 14.2. The van der Waals surface area contributed by atoms with E-state index in [2.05, 4.69) is 0 Å². The van der Waals surface area contributed by atoms with Crippen molar-refractivity contribution in [3.63, 3.8) is 0 Å². The first kappa shape index (κ1) is 20.6. The number of halogens is 1. The van der Waals surface area contributed by atoms with Gasteiger partial charge < -0.3 is 30.5 Å². The maximum Gasteiger partial charge on any atom is 0.453 e. The molecule has 1 heterocycles. The molecule has 0 radical (unpaired) electrons. The van der Waals surface area contributed by atoms with Crippen molar-refractivity contribution >= 4 is 23.5 Å². The molecule has 1 aromatic carbocycles. The van der Waals surface area contributed by atoms with Gasteiger partial charge in [0.1, 0.15) is 0 Å². The van der Waals surface area contributed by atoms with Gasteiger partial charge in [0.15, 0.2) is 11.5 Å². The number of fused-ring (bicyclic) bond motifs is 2. The Balaban J connectivity index is 1.73. The summed E-state index contributed by atoms with van der Waals surface area (Å²) in [5.74, 6) is -6.75. The number of carboxylic acids is 2. The molecule has 5 N–H and O–H groups in total. The summed E-state index contributed by atoms with van der Waals surface area (Å²) >= 11 is 6.03. The highest BCUT2D eigenvalue weighted by atomic mass is 35.5. The van der Waals surface area contributed by atoms with Crippen LogP contribution in [0.25, 0.3) is 0 Å². The third kappa shape index (κ3) is 3.20. The van der Waals surface area contributed by atoms with Crippen LogP contribution >= 0.6 is 11.6 Å². The molecule has 160 valence electrons. The van der Waals surface area contributed by atoms with E-state index in [1.807, 2.05) is 0 Å². The summed E-state index contributed by atoms with van der Waals surface area (Å²) < 4.78 is 10.8. The minimum Gasteiger partial charge on any atom is -0.475 e. The van der Waals surface area contributed by atoms with Crippen LogP contribution in [0, 0.1) is 11.8 Å². The van der Waals surface area contributed by atoms with Crippen LogP contribution in [-0.2, 0) is 19.1 Å². The average molecular weight is 436 g/mol. The Kier molecular flexibility index (Phi) is 5.15. The summed E-state index contributed by atoms with van der Waals surface area (Å²) in [5, 5.41) is 30.3. The number of hydrogen-bond acceptors (Lipinski definition) is 6. The molecular formula is C21H22ClNO7. The predicted octanol–water partition coefficient (Wildman–Crippen LogP) is 2.92. The van der Waals surface area contributed by atoms with Crippen molar-refractivity contribution in [2.45, 2.75) is 44.0 Å². The van der Waals surface area contributed by atoms with E-state index in [1.165, 1.54) is 0 Å². The minimum atomic E-state index is -2.86. The number of aliphatic hydroxyl groups is 1. The van der Waals surface area contributed by atoms with Crippen LogP contribution in [0.1, 0.15) is 43.8 Å². The molecule has 3 unspecified atom stereocenters. The van der Waals surface area contributed by atoms with E-state index in [0.29, 0.717) is 17.0 Å². The van der Waals surface area contributed by atoms with Crippen LogP contribution in [0.3, 0.4) is 0 Å². The van der Waals surface area contributed by atoms with Crippen molar-refractivity contribution in [2.24, 2.45) is 17.6 Å². The zero-order valence-corrected chi connectivity index (χ0v) is 16.8. The number of ether oxygens (including phenoxy) is 2. The van der Waals surface area contributed by atoms with Crippen molar-refractivity contribution in [1.82, 2.24) is 0 Å². The Morgan fingerprint density at radius 1 is 1.20 bits per heavy atom. The Bertz CT molecular complexity index is 956. The predicted molar refractivity (Wildman–Crippen MR) is 105 cm³/mol. The van der Waals surface area contributed by atoms with Crippen LogP contribution in [0.4, 0.5) is 0 Å². The van der Waals surface area contributed by atoms with Gasteiger partial charge in [0.25, 0.3) is 0 Å². The molecule has 8 nitrogen and oxygen atoms in total. The van der Waals surface area contributed by atoms with Crippen LogP contribution in [-0.4, -0.2) is 33.0 Å². The molecule has 3 atom stereocenters. The molecule has 30 heavy (non-hydrogen) atoms. The van der Waals surface area contributed by atoms with Crippen molar-refractivity contribution in [1.29, 1.82) is 0 Å². The average Bonchev–Trinajstić information content (AvgIpc) is 3.14. The van der Waals surface area contributed by atoms with Crippen LogP contribution in [0.2, 0.25) is 5.02 Å². The number of aliphatic carboxylic acids is 2. The van der Waals surface area contributed by atoms with Crippen molar-refractivity contribution in [3.8, 4) is 0 Å². The molecule has 1 aromatic rings. The summed E-state index contributed by atoms with van der Waals surface area (Å²) in [4.78, 5) is 23.4. The zero-order valence-electron chi connectivity index (χ0n) is 16.0. The molecular weight excluding hydrogens is 414 g/mol. The molecule has 1 aliphatic heterocycles. The molecule has 0 aromatic heterocycles. The Labute approximate surface area is 177 Å². The van der Waals surface area contributed by atoms with Gasteiger partial charge in [-0.3, -0.25) is 0 Å². The number of allylic oxidation sites excluding steroid dienone is 2. The molecule has 9 heteroatoms. The van der Waals surface area contributed by atoms with Gasteiger partial charge in [0, 0.05) is 10.9 Å². The fourth-order valence-corrected chi connectivity index (χ4v) is 4.80. The fraction of sp³-hybridized carbons (Fsp3) is 0.429. The summed E-state index contributed by atoms with van der Waals surface area (Å²) in [6.07, 6.45) is 2.60. The quantitative estimate of drug-likeness (QED) is 0.517. The Morgan fingerprint density at radius 3 is 2.57 bits per heavy atom. The lowest BCUT2D eigenvalue weighted by Crippen LogP contribution is -2.47. The van der Waals surface area contributed by atoms with E-state index in [4.69, 9.17) is 26.8 Å². The maximum absolute atomic E-state index is 11.7. The Hall–Kier alpha value is -2.71. The number of benzene rings is 1. The lowest BCUT2D eigenvalue weighted by atomic mass is 9.69. The maximum atomic E-state index is 11.7. The first-order valence-electron chi connectivity index (χ1n) is 9.76. The second-order valence-corrected chi connectivity index (χ2v) is 8.27. The van der Waals surface area contributed by atoms with Crippen LogP contribution < -0.4 is 5.73 Å². The van der Waals surface area contributed by atoms with E-state index in [9.17, 15) is 24.9 Å². The number of carboxylic acid groups (broad SMARTS) is 2. The lowest BCUT2D eigenvalue weighted by Gasteiger charge is -2.37. The molecule has 2 aliphatic carbocycles. The van der Waals surface area contributed by atoms with E-state index in [-0.39, 0.29) is 35.5 Å². The molecule has 3 aliphatic rings. The number of aliphatic hydroxyl groups excluding tert-OH is 1.